The summed E-state index contributed by atoms with van der Waals surface area (Å²) in [5.74, 6) is -1.51. The van der Waals surface area contributed by atoms with E-state index in [0.29, 0.717) is 19.3 Å². The van der Waals surface area contributed by atoms with Gasteiger partial charge in [0, 0.05) is 12.8 Å². The van der Waals surface area contributed by atoms with E-state index in [9.17, 15) is 19.5 Å². The van der Waals surface area contributed by atoms with Crippen LogP contribution in [-0.4, -0.2) is 48.2 Å². The van der Waals surface area contributed by atoms with Crippen molar-refractivity contribution < 1.29 is 24.2 Å². The molecule has 7 nitrogen and oxygen atoms in total. The van der Waals surface area contributed by atoms with Crippen molar-refractivity contribution in [3.8, 4) is 0 Å². The van der Waals surface area contributed by atoms with E-state index in [0.717, 1.165) is 24.8 Å². The molecular weight excluding hydrogens is 420 g/mol. The van der Waals surface area contributed by atoms with Crippen molar-refractivity contribution in [3.05, 3.63) is 61.2 Å². The molecule has 3 unspecified atom stereocenters. The third kappa shape index (κ3) is 12.6. The molecule has 0 aliphatic carbocycles. The van der Waals surface area contributed by atoms with Gasteiger partial charge in [0.25, 0.3) is 0 Å². The number of amides is 2. The lowest BCUT2D eigenvalue weighted by Gasteiger charge is -2.20. The summed E-state index contributed by atoms with van der Waals surface area (Å²) < 4.78 is 5.32. The zero-order valence-corrected chi connectivity index (χ0v) is 19.6. The van der Waals surface area contributed by atoms with Gasteiger partial charge in [0.05, 0.1) is 25.1 Å². The second-order valence-electron chi connectivity index (χ2n) is 8.14. The Morgan fingerprint density at radius 2 is 1.85 bits per heavy atom. The second kappa shape index (κ2) is 16.7. The van der Waals surface area contributed by atoms with Crippen LogP contribution in [0.15, 0.2) is 55.6 Å². The van der Waals surface area contributed by atoms with E-state index in [-0.39, 0.29) is 37.4 Å². The van der Waals surface area contributed by atoms with Gasteiger partial charge in [0.1, 0.15) is 6.10 Å². The van der Waals surface area contributed by atoms with Crippen LogP contribution in [0.25, 0.3) is 0 Å². The summed E-state index contributed by atoms with van der Waals surface area (Å²) in [4.78, 5) is 37.0. The molecule has 0 spiro atoms. The lowest BCUT2D eigenvalue weighted by Crippen LogP contribution is -2.42. The van der Waals surface area contributed by atoms with Gasteiger partial charge in [0.15, 0.2) is 0 Å². The molecule has 0 aliphatic rings. The number of esters is 1. The molecule has 0 fully saturated rings. The van der Waals surface area contributed by atoms with Crippen LogP contribution >= 0.6 is 0 Å². The molecule has 0 radical (unpaired) electrons. The quantitative estimate of drug-likeness (QED) is 0.189. The van der Waals surface area contributed by atoms with Gasteiger partial charge in [-0.25, -0.2) is 0 Å². The summed E-state index contributed by atoms with van der Waals surface area (Å²) in [7, 11) is 0. The third-order valence-corrected chi connectivity index (χ3v) is 5.10. The predicted octanol–water partition coefficient (Wildman–Crippen LogP) is 3.08. The number of unbranched alkanes of at least 4 members (excludes halogenated alkanes) is 2. The van der Waals surface area contributed by atoms with Crippen LogP contribution in [-0.2, 0) is 25.5 Å². The highest BCUT2D eigenvalue weighted by molar-refractivity contribution is 5.86. The zero-order valence-electron chi connectivity index (χ0n) is 19.6. The zero-order chi connectivity index (χ0) is 24.5. The molecule has 3 atom stereocenters. The van der Waals surface area contributed by atoms with Gasteiger partial charge in [-0.3, -0.25) is 14.4 Å². The minimum absolute atomic E-state index is 0.0272. The molecule has 182 valence electrons. The lowest BCUT2D eigenvalue weighted by molar-refractivity contribution is -0.148. The number of carbonyl (C=O) groups is 3. The number of nitrogens with one attached hydrogen (secondary N) is 2. The fraction of sp³-hybridized carbons (Fsp3) is 0.500. The number of aliphatic hydroxyl groups excluding tert-OH is 1. The molecule has 1 aromatic rings. The largest absolute Gasteiger partial charge is 0.461 e. The Kier molecular flexibility index (Phi) is 14.2. The number of rotatable bonds is 17. The summed E-state index contributed by atoms with van der Waals surface area (Å²) >= 11 is 0. The number of ether oxygens (including phenoxy) is 1. The summed E-state index contributed by atoms with van der Waals surface area (Å²) in [5, 5.41) is 15.2. The van der Waals surface area contributed by atoms with Crippen LogP contribution < -0.4 is 10.6 Å². The van der Waals surface area contributed by atoms with Gasteiger partial charge >= 0.3 is 5.97 Å². The number of carbonyl (C=O) groups excluding carboxylic acids is 3. The summed E-state index contributed by atoms with van der Waals surface area (Å²) in [5.41, 5.74) is 1.00. The number of allylic oxidation sites excluding steroid dienone is 2. The van der Waals surface area contributed by atoms with E-state index in [4.69, 9.17) is 4.74 Å². The molecule has 0 aromatic heterocycles. The molecule has 33 heavy (non-hydrogen) atoms. The first-order valence-electron chi connectivity index (χ1n) is 11.5. The minimum Gasteiger partial charge on any atom is -0.461 e. The van der Waals surface area contributed by atoms with Gasteiger partial charge in [-0.2, -0.15) is 0 Å². The Morgan fingerprint density at radius 3 is 2.48 bits per heavy atom. The Hall–Kier alpha value is -2.93. The maximum absolute atomic E-state index is 12.6. The smallest absolute Gasteiger partial charge is 0.306 e. The van der Waals surface area contributed by atoms with E-state index >= 15 is 0 Å². The second-order valence-corrected chi connectivity index (χ2v) is 8.14. The number of aliphatic hydroxyl groups is 1. The van der Waals surface area contributed by atoms with Gasteiger partial charge in [0.2, 0.25) is 11.8 Å². The van der Waals surface area contributed by atoms with Gasteiger partial charge in [-0.1, -0.05) is 42.5 Å². The Bertz CT molecular complexity index is 750. The Balaban J connectivity index is 2.46. The van der Waals surface area contributed by atoms with E-state index < -0.39 is 18.1 Å². The normalized spacial score (nSPS) is 13.3. The molecule has 0 saturated heterocycles. The topological polar surface area (TPSA) is 105 Å². The van der Waals surface area contributed by atoms with Gasteiger partial charge in [-0.15, -0.1) is 13.2 Å². The average Bonchev–Trinajstić information content (AvgIpc) is 2.80. The molecule has 0 saturated carbocycles. The van der Waals surface area contributed by atoms with E-state index in [2.05, 4.69) is 23.8 Å². The monoisotopic (exact) mass is 458 g/mol. The van der Waals surface area contributed by atoms with Crippen molar-refractivity contribution >= 4 is 17.8 Å². The molecule has 0 aliphatic heterocycles. The predicted molar refractivity (Wildman–Crippen MR) is 129 cm³/mol. The summed E-state index contributed by atoms with van der Waals surface area (Å²) in [6.07, 6.45) is 6.56. The fourth-order valence-corrected chi connectivity index (χ4v) is 3.33. The first-order valence-corrected chi connectivity index (χ1v) is 11.5. The maximum Gasteiger partial charge on any atom is 0.306 e. The highest BCUT2D eigenvalue weighted by Gasteiger charge is 2.23. The van der Waals surface area contributed by atoms with E-state index in [1.807, 2.05) is 36.4 Å². The van der Waals surface area contributed by atoms with Crippen LogP contribution in [0.4, 0.5) is 0 Å². The van der Waals surface area contributed by atoms with Crippen molar-refractivity contribution in [2.45, 2.75) is 64.0 Å². The van der Waals surface area contributed by atoms with E-state index in [1.165, 1.54) is 0 Å². The minimum atomic E-state index is -0.597. The molecule has 0 heterocycles. The molecule has 1 aromatic carbocycles. The molecule has 2 amide bonds. The first kappa shape index (κ1) is 28.1. The van der Waals surface area contributed by atoms with Crippen molar-refractivity contribution in [2.75, 3.05) is 13.2 Å². The highest BCUT2D eigenvalue weighted by atomic mass is 16.5. The molecule has 1 rings (SSSR count). The van der Waals surface area contributed by atoms with Gasteiger partial charge in [-0.05, 0) is 44.6 Å². The molecule has 7 heteroatoms. The number of hydrogen-bond donors (Lipinski definition) is 3. The fourth-order valence-electron chi connectivity index (χ4n) is 3.33. The van der Waals surface area contributed by atoms with Gasteiger partial charge < -0.3 is 20.5 Å². The number of hydrogen-bond acceptors (Lipinski definition) is 5. The highest BCUT2D eigenvalue weighted by Crippen LogP contribution is 2.11. The van der Waals surface area contributed by atoms with Crippen molar-refractivity contribution in [1.29, 1.82) is 0 Å². The van der Waals surface area contributed by atoms with Crippen molar-refractivity contribution in [1.82, 2.24) is 10.6 Å². The standard InChI is InChI=1S/C26H38N2O5/c1-4-6-7-11-15-25(31)33-20(3)18-27-26(32)22(12-5-2)17-24(30)28-23(19-29)16-21-13-9-8-10-14-21/h4-5,8-10,13-14,20,22-23,29H,1-2,6-7,11-12,15-19H2,3H3,(H,27,32)(H,28,30). The molecule has 0 bridgehead atoms. The van der Waals surface area contributed by atoms with Crippen LogP contribution in [0, 0.1) is 5.92 Å². The third-order valence-electron chi connectivity index (χ3n) is 5.10. The van der Waals surface area contributed by atoms with Crippen LogP contribution in [0.3, 0.4) is 0 Å². The van der Waals surface area contributed by atoms with E-state index in [1.54, 1.807) is 13.0 Å². The number of benzene rings is 1. The van der Waals surface area contributed by atoms with Crippen molar-refractivity contribution in [2.24, 2.45) is 5.92 Å². The maximum atomic E-state index is 12.6. The lowest BCUT2D eigenvalue weighted by atomic mass is 9.99. The Morgan fingerprint density at radius 1 is 1.12 bits per heavy atom. The SMILES string of the molecule is C=CCCCCC(=O)OC(C)CNC(=O)C(CC=C)CC(=O)NC(CO)Cc1ccccc1. The van der Waals surface area contributed by atoms with Crippen LogP contribution in [0.2, 0.25) is 0 Å². The average molecular weight is 459 g/mol. The van der Waals surface area contributed by atoms with Crippen LogP contribution in [0.1, 0.15) is 51.0 Å². The molecule has 3 N–H and O–H groups in total. The summed E-state index contributed by atoms with van der Waals surface area (Å²) in [6.45, 7) is 9.00. The van der Waals surface area contributed by atoms with Crippen LogP contribution in [0.5, 0.6) is 0 Å². The molecular formula is C26H38N2O5. The van der Waals surface area contributed by atoms with Crippen molar-refractivity contribution in [3.63, 3.8) is 0 Å². The Labute approximate surface area is 197 Å². The summed E-state index contributed by atoms with van der Waals surface area (Å²) in [6, 6.07) is 9.13. The first-order chi connectivity index (χ1) is 15.9.